The Bertz CT molecular complexity index is 769. The highest BCUT2D eigenvalue weighted by atomic mass is 32.2. The molecule has 26 heavy (non-hydrogen) atoms. The average molecular weight is 372 g/mol. The molecule has 1 fully saturated rings. The number of amides is 1. The molecule has 0 saturated carbocycles. The Morgan fingerprint density at radius 1 is 1.31 bits per heavy atom. The van der Waals surface area contributed by atoms with Crippen molar-refractivity contribution in [3.05, 3.63) is 30.1 Å². The normalized spacial score (nSPS) is 20.2. The standard InChI is InChI=1S/C19H25N5OS/c25-18(12-16-13-26-10-8-20-16)21-15-6-4-5-14(11-15)19-23-22-17-7-2-1-3-9-24(17)19/h4-6,11,16,20H,1-3,7-10,12-13H2,(H,21,25). The van der Waals surface area contributed by atoms with E-state index in [1.54, 1.807) is 0 Å². The van der Waals surface area contributed by atoms with Crippen molar-refractivity contribution in [2.24, 2.45) is 0 Å². The molecule has 1 atom stereocenters. The van der Waals surface area contributed by atoms with Crippen LogP contribution >= 0.6 is 11.8 Å². The molecule has 138 valence electrons. The highest BCUT2D eigenvalue weighted by Gasteiger charge is 2.18. The number of nitrogens with zero attached hydrogens (tertiary/aromatic N) is 3. The molecule has 0 aliphatic carbocycles. The summed E-state index contributed by atoms with van der Waals surface area (Å²) in [6.07, 6.45) is 5.10. The number of fused-ring (bicyclic) bond motifs is 1. The lowest BCUT2D eigenvalue weighted by molar-refractivity contribution is -0.116. The molecule has 1 aromatic carbocycles. The van der Waals surface area contributed by atoms with Crippen LogP contribution in [0.15, 0.2) is 24.3 Å². The summed E-state index contributed by atoms with van der Waals surface area (Å²) in [5, 5.41) is 15.2. The molecular weight excluding hydrogens is 346 g/mol. The van der Waals surface area contributed by atoms with E-state index in [1.807, 2.05) is 36.0 Å². The molecule has 1 saturated heterocycles. The van der Waals surface area contributed by atoms with E-state index in [0.717, 1.165) is 53.9 Å². The Morgan fingerprint density at radius 2 is 2.27 bits per heavy atom. The van der Waals surface area contributed by atoms with Gasteiger partial charge in [0, 0.05) is 54.7 Å². The first kappa shape index (κ1) is 17.5. The number of aryl methyl sites for hydroxylation is 1. The van der Waals surface area contributed by atoms with Crippen LogP contribution in [0.1, 0.15) is 31.5 Å². The quantitative estimate of drug-likeness (QED) is 0.865. The highest BCUT2D eigenvalue weighted by Crippen LogP contribution is 2.25. The molecule has 0 bridgehead atoms. The Morgan fingerprint density at radius 3 is 3.15 bits per heavy atom. The molecule has 4 rings (SSSR count). The number of aromatic nitrogens is 3. The van der Waals surface area contributed by atoms with Crippen LogP contribution in [-0.2, 0) is 17.8 Å². The number of benzene rings is 1. The lowest BCUT2D eigenvalue weighted by Crippen LogP contribution is -2.39. The molecule has 2 aliphatic rings. The van der Waals surface area contributed by atoms with Crippen LogP contribution < -0.4 is 10.6 Å². The first-order chi connectivity index (χ1) is 12.8. The van der Waals surface area contributed by atoms with Gasteiger partial charge >= 0.3 is 0 Å². The van der Waals surface area contributed by atoms with E-state index in [2.05, 4.69) is 25.4 Å². The van der Waals surface area contributed by atoms with E-state index in [1.165, 1.54) is 19.3 Å². The maximum absolute atomic E-state index is 12.4. The predicted molar refractivity (Wildman–Crippen MR) is 105 cm³/mol. The smallest absolute Gasteiger partial charge is 0.225 e. The van der Waals surface area contributed by atoms with Crippen molar-refractivity contribution in [3.63, 3.8) is 0 Å². The zero-order valence-corrected chi connectivity index (χ0v) is 15.7. The summed E-state index contributed by atoms with van der Waals surface area (Å²) in [7, 11) is 0. The maximum Gasteiger partial charge on any atom is 0.225 e. The summed E-state index contributed by atoms with van der Waals surface area (Å²) in [4.78, 5) is 12.4. The second-order valence-corrected chi connectivity index (χ2v) is 8.11. The molecule has 2 aliphatic heterocycles. The minimum atomic E-state index is 0.0576. The molecule has 3 heterocycles. The van der Waals surface area contributed by atoms with Crippen molar-refractivity contribution in [1.29, 1.82) is 0 Å². The van der Waals surface area contributed by atoms with Crippen molar-refractivity contribution in [2.75, 3.05) is 23.4 Å². The molecule has 6 nitrogen and oxygen atoms in total. The van der Waals surface area contributed by atoms with Crippen LogP contribution in [0.4, 0.5) is 5.69 Å². The van der Waals surface area contributed by atoms with E-state index in [-0.39, 0.29) is 11.9 Å². The van der Waals surface area contributed by atoms with Gasteiger partial charge in [0.2, 0.25) is 5.91 Å². The van der Waals surface area contributed by atoms with Crippen molar-refractivity contribution in [2.45, 2.75) is 44.7 Å². The molecule has 1 unspecified atom stereocenters. The van der Waals surface area contributed by atoms with Crippen LogP contribution in [-0.4, -0.2) is 44.8 Å². The summed E-state index contributed by atoms with van der Waals surface area (Å²) in [6, 6.07) is 8.21. The van der Waals surface area contributed by atoms with Gasteiger partial charge < -0.3 is 15.2 Å². The van der Waals surface area contributed by atoms with Gasteiger partial charge in [-0.15, -0.1) is 10.2 Å². The van der Waals surface area contributed by atoms with Gasteiger partial charge in [0.1, 0.15) is 5.82 Å². The Kier molecular flexibility index (Phi) is 5.55. The zero-order valence-electron chi connectivity index (χ0n) is 14.9. The molecule has 0 radical (unpaired) electrons. The van der Waals surface area contributed by atoms with Gasteiger partial charge in [0.05, 0.1) is 0 Å². The van der Waals surface area contributed by atoms with Gasteiger partial charge in [-0.3, -0.25) is 4.79 Å². The predicted octanol–water partition coefficient (Wildman–Crippen LogP) is 2.71. The Labute approximate surface area is 158 Å². The topological polar surface area (TPSA) is 71.8 Å². The Balaban J connectivity index is 1.47. The zero-order chi connectivity index (χ0) is 17.8. The molecule has 2 aromatic rings. The molecule has 7 heteroatoms. The van der Waals surface area contributed by atoms with Gasteiger partial charge in [-0.1, -0.05) is 18.6 Å². The van der Waals surface area contributed by atoms with Gasteiger partial charge in [-0.05, 0) is 25.0 Å². The molecule has 1 amide bonds. The molecule has 2 N–H and O–H groups in total. The molecule has 0 spiro atoms. The van der Waals surface area contributed by atoms with Crippen molar-refractivity contribution < 1.29 is 4.79 Å². The van der Waals surface area contributed by atoms with E-state index < -0.39 is 0 Å². The average Bonchev–Trinajstić information content (AvgIpc) is 2.91. The van der Waals surface area contributed by atoms with Gasteiger partial charge in [0.15, 0.2) is 5.82 Å². The number of hydrogen-bond acceptors (Lipinski definition) is 5. The summed E-state index contributed by atoms with van der Waals surface area (Å²) in [5.41, 5.74) is 1.83. The summed E-state index contributed by atoms with van der Waals surface area (Å²) in [5.74, 6) is 4.17. The summed E-state index contributed by atoms with van der Waals surface area (Å²) in [6.45, 7) is 1.95. The fourth-order valence-electron chi connectivity index (χ4n) is 3.62. The second kappa shape index (κ2) is 8.22. The fraction of sp³-hybridized carbons (Fsp3) is 0.526. The van der Waals surface area contributed by atoms with Crippen LogP contribution in [0, 0.1) is 0 Å². The van der Waals surface area contributed by atoms with Crippen LogP contribution in [0.3, 0.4) is 0 Å². The van der Waals surface area contributed by atoms with E-state index in [9.17, 15) is 4.79 Å². The lowest BCUT2D eigenvalue weighted by Gasteiger charge is -2.22. The summed E-state index contributed by atoms with van der Waals surface area (Å²) < 4.78 is 2.23. The van der Waals surface area contributed by atoms with E-state index in [0.29, 0.717) is 6.42 Å². The third-order valence-electron chi connectivity index (χ3n) is 4.94. The van der Waals surface area contributed by atoms with Crippen molar-refractivity contribution in [1.82, 2.24) is 20.1 Å². The minimum Gasteiger partial charge on any atom is -0.326 e. The van der Waals surface area contributed by atoms with Gasteiger partial charge in [0.25, 0.3) is 0 Å². The SMILES string of the molecule is O=C(CC1CSCCN1)Nc1cccc(-c2nnc3n2CCCCC3)c1. The van der Waals surface area contributed by atoms with Gasteiger partial charge in [-0.2, -0.15) is 11.8 Å². The highest BCUT2D eigenvalue weighted by molar-refractivity contribution is 7.99. The second-order valence-electron chi connectivity index (χ2n) is 6.96. The van der Waals surface area contributed by atoms with Crippen LogP contribution in [0.2, 0.25) is 0 Å². The van der Waals surface area contributed by atoms with Crippen molar-refractivity contribution >= 4 is 23.4 Å². The lowest BCUT2D eigenvalue weighted by atomic mass is 10.1. The monoisotopic (exact) mass is 371 g/mol. The third kappa shape index (κ3) is 4.10. The minimum absolute atomic E-state index is 0.0576. The molecular formula is C19H25N5OS. The maximum atomic E-state index is 12.4. The third-order valence-corrected chi connectivity index (χ3v) is 6.08. The van der Waals surface area contributed by atoms with Crippen molar-refractivity contribution in [3.8, 4) is 11.4 Å². The van der Waals surface area contributed by atoms with E-state index >= 15 is 0 Å². The first-order valence-corrected chi connectivity index (χ1v) is 10.6. The number of carbonyl (C=O) groups excluding carboxylic acids is 1. The van der Waals surface area contributed by atoms with Crippen LogP contribution in [0.25, 0.3) is 11.4 Å². The number of hydrogen-bond donors (Lipinski definition) is 2. The molecule has 1 aromatic heterocycles. The Hall–Kier alpha value is -1.86. The van der Waals surface area contributed by atoms with Crippen LogP contribution in [0.5, 0.6) is 0 Å². The largest absolute Gasteiger partial charge is 0.326 e. The number of rotatable bonds is 4. The fourth-order valence-corrected chi connectivity index (χ4v) is 4.57. The number of thioether (sulfide) groups is 1. The summed E-state index contributed by atoms with van der Waals surface area (Å²) >= 11 is 1.91. The van der Waals surface area contributed by atoms with Gasteiger partial charge in [-0.25, -0.2) is 0 Å². The number of carbonyl (C=O) groups is 1. The number of anilines is 1. The first-order valence-electron chi connectivity index (χ1n) is 9.43. The van der Waals surface area contributed by atoms with E-state index in [4.69, 9.17) is 0 Å². The number of nitrogens with one attached hydrogen (secondary N) is 2.